The third-order valence-electron chi connectivity index (χ3n) is 5.18. The zero-order chi connectivity index (χ0) is 17.3. The Kier molecular flexibility index (Phi) is 2.73. The summed E-state index contributed by atoms with van der Waals surface area (Å²) in [6.07, 6.45) is 0.772. The first-order valence-corrected chi connectivity index (χ1v) is 8.17. The first kappa shape index (κ1) is 14.6. The largest absolute Gasteiger partial charge is 0.508 e. The monoisotopic (exact) mass is 339 g/mol. The van der Waals surface area contributed by atoms with Crippen LogP contribution in [-0.4, -0.2) is 36.4 Å². The maximum atomic E-state index is 11.3. The van der Waals surface area contributed by atoms with Gasteiger partial charge in [0.05, 0.1) is 12.8 Å². The molecule has 0 amide bonds. The summed E-state index contributed by atoms with van der Waals surface area (Å²) < 4.78 is 16.9. The van der Waals surface area contributed by atoms with Crippen LogP contribution in [0.2, 0.25) is 0 Å². The molecule has 6 nitrogen and oxygen atoms in total. The Bertz CT molecular complexity index is 961. The van der Waals surface area contributed by atoms with Gasteiger partial charge in [0.1, 0.15) is 17.1 Å². The molecule has 0 unspecified atom stereocenters. The highest BCUT2D eigenvalue weighted by Gasteiger charge is 2.45. The van der Waals surface area contributed by atoms with Crippen molar-refractivity contribution in [1.29, 1.82) is 0 Å². The molecule has 0 aromatic heterocycles. The first-order valence-electron chi connectivity index (χ1n) is 8.17. The van der Waals surface area contributed by atoms with E-state index in [-0.39, 0.29) is 12.5 Å². The Morgan fingerprint density at radius 1 is 1.16 bits per heavy atom. The lowest BCUT2D eigenvalue weighted by atomic mass is 9.71. The molecule has 2 heterocycles. The van der Waals surface area contributed by atoms with E-state index in [1.165, 1.54) is 0 Å². The van der Waals surface area contributed by atoms with E-state index in [9.17, 15) is 10.2 Å². The molecular weight excluding hydrogens is 322 g/mol. The maximum Gasteiger partial charge on any atom is 0.231 e. The Balaban J connectivity index is 1.99. The van der Waals surface area contributed by atoms with Gasteiger partial charge >= 0.3 is 0 Å². The molecular formula is C19H17NO5. The summed E-state index contributed by atoms with van der Waals surface area (Å²) in [6.45, 7) is 2.46. The van der Waals surface area contributed by atoms with Gasteiger partial charge in [0.2, 0.25) is 6.79 Å². The van der Waals surface area contributed by atoms with Crippen molar-refractivity contribution in [1.82, 2.24) is 0 Å². The van der Waals surface area contributed by atoms with Crippen LogP contribution in [0.1, 0.15) is 23.6 Å². The van der Waals surface area contributed by atoms with Crippen LogP contribution in [0.4, 0.5) is 0 Å². The van der Waals surface area contributed by atoms with Crippen molar-refractivity contribution >= 4 is 5.71 Å². The molecule has 3 aliphatic rings. The van der Waals surface area contributed by atoms with Crippen molar-refractivity contribution in [2.24, 2.45) is 4.99 Å². The summed E-state index contributed by atoms with van der Waals surface area (Å²) in [4.78, 5) is 4.61. The number of ether oxygens (including phenoxy) is 3. The standard InChI is InChI=1S/C19H17NO5/c1-19(22)11-6-10(21)7-12(23-2)15(11)16-14-9(3-4-20-18(14)19)5-13-17(16)25-8-24-13/h5-7,21-22H,3-4,8H2,1-2H3/t19-/m0/s1. The highest BCUT2D eigenvalue weighted by molar-refractivity contribution is 6.18. The fourth-order valence-electron chi connectivity index (χ4n) is 4.10. The fraction of sp³-hybridized carbons (Fsp3) is 0.316. The predicted molar refractivity (Wildman–Crippen MR) is 90.9 cm³/mol. The number of aliphatic imine (C=N–C) groups is 1. The Morgan fingerprint density at radius 3 is 2.80 bits per heavy atom. The van der Waals surface area contributed by atoms with Gasteiger partial charge in [0, 0.05) is 34.9 Å². The van der Waals surface area contributed by atoms with Gasteiger partial charge in [0.15, 0.2) is 11.5 Å². The number of hydrogen-bond donors (Lipinski definition) is 2. The molecule has 2 aliphatic heterocycles. The Morgan fingerprint density at radius 2 is 2.00 bits per heavy atom. The van der Waals surface area contributed by atoms with Crippen molar-refractivity contribution in [3.63, 3.8) is 0 Å². The molecule has 0 radical (unpaired) electrons. The van der Waals surface area contributed by atoms with Gasteiger partial charge in [-0.15, -0.1) is 0 Å². The van der Waals surface area contributed by atoms with Gasteiger partial charge in [-0.3, -0.25) is 4.99 Å². The second-order valence-electron chi connectivity index (χ2n) is 6.64. The van der Waals surface area contributed by atoms with E-state index >= 15 is 0 Å². The first-order chi connectivity index (χ1) is 12.0. The molecule has 2 aromatic rings. The molecule has 25 heavy (non-hydrogen) atoms. The topological polar surface area (TPSA) is 80.5 Å². The predicted octanol–water partition coefficient (Wildman–Crippen LogP) is 2.36. The van der Waals surface area contributed by atoms with E-state index < -0.39 is 5.60 Å². The third-order valence-corrected chi connectivity index (χ3v) is 5.18. The number of fused-ring (bicyclic) bond motifs is 4. The van der Waals surface area contributed by atoms with Crippen LogP contribution in [0.5, 0.6) is 23.0 Å². The van der Waals surface area contributed by atoms with Crippen LogP contribution >= 0.6 is 0 Å². The van der Waals surface area contributed by atoms with Crippen LogP contribution in [0.25, 0.3) is 11.1 Å². The smallest absolute Gasteiger partial charge is 0.231 e. The summed E-state index contributed by atoms with van der Waals surface area (Å²) in [5, 5.41) is 21.4. The summed E-state index contributed by atoms with van der Waals surface area (Å²) in [7, 11) is 1.54. The molecule has 1 aliphatic carbocycles. The minimum absolute atomic E-state index is 0.0284. The summed E-state index contributed by atoms with van der Waals surface area (Å²) in [5.41, 5.74) is 3.31. The molecule has 1 atom stereocenters. The van der Waals surface area contributed by atoms with Gasteiger partial charge < -0.3 is 24.4 Å². The van der Waals surface area contributed by atoms with Gasteiger partial charge in [-0.2, -0.15) is 0 Å². The zero-order valence-corrected chi connectivity index (χ0v) is 13.9. The number of aromatic hydroxyl groups is 1. The molecule has 0 bridgehead atoms. The molecule has 128 valence electrons. The lowest BCUT2D eigenvalue weighted by molar-refractivity contribution is 0.132. The fourth-order valence-corrected chi connectivity index (χ4v) is 4.10. The molecule has 0 fully saturated rings. The lowest BCUT2D eigenvalue weighted by Gasteiger charge is -2.38. The highest BCUT2D eigenvalue weighted by Crippen LogP contribution is 2.56. The summed E-state index contributed by atoms with van der Waals surface area (Å²) >= 11 is 0. The second kappa shape index (κ2) is 4.67. The second-order valence-corrected chi connectivity index (χ2v) is 6.64. The number of phenolic OH excluding ortho intramolecular Hbond substituents is 1. The van der Waals surface area contributed by atoms with E-state index in [1.54, 1.807) is 26.2 Å². The Hall–Kier alpha value is -2.73. The third kappa shape index (κ3) is 1.75. The number of hydrogen-bond acceptors (Lipinski definition) is 6. The minimum Gasteiger partial charge on any atom is -0.508 e. The van der Waals surface area contributed by atoms with Crippen molar-refractivity contribution in [2.45, 2.75) is 18.9 Å². The molecule has 0 saturated heterocycles. The van der Waals surface area contributed by atoms with Crippen LogP contribution in [0.3, 0.4) is 0 Å². The lowest BCUT2D eigenvalue weighted by Crippen LogP contribution is -2.39. The number of nitrogens with zero attached hydrogens (tertiary/aromatic N) is 1. The minimum atomic E-state index is -1.34. The summed E-state index contributed by atoms with van der Waals surface area (Å²) in [5.74, 6) is 1.83. The highest BCUT2D eigenvalue weighted by atomic mass is 16.7. The van der Waals surface area contributed by atoms with Gasteiger partial charge in [0.25, 0.3) is 0 Å². The maximum absolute atomic E-state index is 11.3. The van der Waals surface area contributed by atoms with Crippen LogP contribution in [-0.2, 0) is 12.0 Å². The van der Waals surface area contributed by atoms with E-state index in [0.717, 1.165) is 23.1 Å². The van der Waals surface area contributed by atoms with Crippen LogP contribution in [0.15, 0.2) is 23.2 Å². The van der Waals surface area contributed by atoms with Crippen LogP contribution < -0.4 is 14.2 Å². The van der Waals surface area contributed by atoms with Gasteiger partial charge in [-0.05, 0) is 31.0 Å². The molecule has 2 aromatic carbocycles. The van der Waals surface area contributed by atoms with Crippen molar-refractivity contribution in [3.05, 3.63) is 34.9 Å². The van der Waals surface area contributed by atoms with Crippen LogP contribution in [0, 0.1) is 0 Å². The normalized spacial score (nSPS) is 22.1. The average Bonchev–Trinajstić information content (AvgIpc) is 3.06. The van der Waals surface area contributed by atoms with E-state index in [4.69, 9.17) is 14.2 Å². The zero-order valence-electron chi connectivity index (χ0n) is 13.9. The number of aliphatic hydroxyl groups is 1. The Labute approximate surface area is 144 Å². The molecule has 5 rings (SSSR count). The van der Waals surface area contributed by atoms with E-state index in [1.807, 2.05) is 6.07 Å². The van der Waals surface area contributed by atoms with E-state index in [2.05, 4.69) is 4.99 Å². The quantitative estimate of drug-likeness (QED) is 0.834. The number of rotatable bonds is 1. The number of phenols is 1. The average molecular weight is 339 g/mol. The van der Waals surface area contributed by atoms with Gasteiger partial charge in [-0.1, -0.05) is 0 Å². The number of benzene rings is 2. The molecule has 2 N–H and O–H groups in total. The SMILES string of the molecule is COc1cc(O)cc2c1-c1c3c(cc4c1C(=NCC4)[C@@]2(C)O)OCO3. The molecule has 0 saturated carbocycles. The molecule has 0 spiro atoms. The summed E-state index contributed by atoms with van der Waals surface area (Å²) in [6, 6.07) is 5.08. The van der Waals surface area contributed by atoms with Crippen molar-refractivity contribution in [2.75, 3.05) is 20.4 Å². The van der Waals surface area contributed by atoms with Crippen molar-refractivity contribution in [3.8, 4) is 34.1 Å². The number of methoxy groups -OCH3 is 1. The van der Waals surface area contributed by atoms with Gasteiger partial charge in [-0.25, -0.2) is 0 Å². The van der Waals surface area contributed by atoms with E-state index in [0.29, 0.717) is 40.6 Å². The molecule has 6 heteroatoms. The van der Waals surface area contributed by atoms with Crippen molar-refractivity contribution < 1.29 is 24.4 Å².